The highest BCUT2D eigenvalue weighted by molar-refractivity contribution is 7.21. The minimum absolute atomic E-state index is 0.219. The van der Waals surface area contributed by atoms with E-state index in [2.05, 4.69) is 4.98 Å². The number of aromatic nitrogens is 2. The molecule has 5 nitrogen and oxygen atoms in total. The lowest BCUT2D eigenvalue weighted by molar-refractivity contribution is -0.144. The summed E-state index contributed by atoms with van der Waals surface area (Å²) in [5.74, 6) is 0.0386. The van der Waals surface area contributed by atoms with E-state index in [0.29, 0.717) is 16.0 Å². The van der Waals surface area contributed by atoms with Crippen LogP contribution in [-0.4, -0.2) is 22.6 Å². The van der Waals surface area contributed by atoms with Crippen LogP contribution in [0, 0.1) is 6.92 Å². The van der Waals surface area contributed by atoms with Gasteiger partial charge >= 0.3 is 5.97 Å². The van der Waals surface area contributed by atoms with E-state index in [1.807, 2.05) is 36.4 Å². The fourth-order valence-corrected chi connectivity index (χ4v) is 3.64. The number of esters is 1. The van der Waals surface area contributed by atoms with Crippen molar-refractivity contribution >= 4 is 27.5 Å². The van der Waals surface area contributed by atoms with Crippen LogP contribution in [0.3, 0.4) is 0 Å². The molecule has 1 unspecified atom stereocenters. The van der Waals surface area contributed by atoms with Gasteiger partial charge in [-0.15, -0.1) is 11.3 Å². The second-order valence-corrected chi connectivity index (χ2v) is 6.26. The summed E-state index contributed by atoms with van der Waals surface area (Å²) in [7, 11) is 1.31. The maximum absolute atomic E-state index is 12.8. The summed E-state index contributed by atoms with van der Waals surface area (Å²) < 4.78 is 6.12. The van der Waals surface area contributed by atoms with Gasteiger partial charge in [0.15, 0.2) is 0 Å². The second-order valence-electron chi connectivity index (χ2n) is 5.23. The third-order valence-electron chi connectivity index (χ3n) is 3.76. The van der Waals surface area contributed by atoms with Crippen molar-refractivity contribution < 1.29 is 9.53 Å². The second kappa shape index (κ2) is 5.96. The molecule has 6 heteroatoms. The first kappa shape index (κ1) is 15.4. The number of aryl methyl sites for hydroxylation is 1. The van der Waals surface area contributed by atoms with Crippen LogP contribution in [0.4, 0.5) is 0 Å². The first-order chi connectivity index (χ1) is 11.0. The molecule has 0 aliphatic rings. The Morgan fingerprint density at radius 3 is 2.65 bits per heavy atom. The van der Waals surface area contributed by atoms with Crippen LogP contribution in [0.5, 0.6) is 0 Å². The third-order valence-corrected chi connectivity index (χ3v) is 4.84. The number of ether oxygens (including phenoxy) is 1. The maximum atomic E-state index is 12.8. The zero-order valence-electron chi connectivity index (χ0n) is 13.1. The van der Waals surface area contributed by atoms with Crippen LogP contribution < -0.4 is 5.56 Å². The van der Waals surface area contributed by atoms with Crippen LogP contribution in [0.25, 0.3) is 20.7 Å². The van der Waals surface area contributed by atoms with Gasteiger partial charge in [-0.1, -0.05) is 30.3 Å². The van der Waals surface area contributed by atoms with E-state index in [9.17, 15) is 9.59 Å². The molecule has 0 saturated carbocycles. The zero-order valence-corrected chi connectivity index (χ0v) is 13.9. The zero-order chi connectivity index (χ0) is 16.6. The van der Waals surface area contributed by atoms with E-state index in [1.54, 1.807) is 13.8 Å². The van der Waals surface area contributed by atoms with Gasteiger partial charge in [-0.05, 0) is 25.5 Å². The maximum Gasteiger partial charge on any atom is 0.328 e. The summed E-state index contributed by atoms with van der Waals surface area (Å²) in [5, 5.41) is 0.523. The minimum Gasteiger partial charge on any atom is -0.467 e. The van der Waals surface area contributed by atoms with Gasteiger partial charge in [0.05, 0.1) is 12.5 Å². The minimum atomic E-state index is -0.704. The molecule has 2 aromatic heterocycles. The molecule has 0 aliphatic carbocycles. The monoisotopic (exact) mass is 328 g/mol. The Morgan fingerprint density at radius 2 is 2.00 bits per heavy atom. The van der Waals surface area contributed by atoms with Crippen molar-refractivity contribution in [2.75, 3.05) is 7.11 Å². The number of hydrogen-bond donors (Lipinski definition) is 0. The number of rotatable bonds is 3. The largest absolute Gasteiger partial charge is 0.467 e. The van der Waals surface area contributed by atoms with Gasteiger partial charge in [0.2, 0.25) is 0 Å². The van der Waals surface area contributed by atoms with Gasteiger partial charge in [-0.25, -0.2) is 9.78 Å². The quantitative estimate of drug-likeness (QED) is 0.693. The van der Waals surface area contributed by atoms with Crippen molar-refractivity contribution in [3.8, 4) is 10.4 Å². The Morgan fingerprint density at radius 1 is 1.30 bits per heavy atom. The summed E-state index contributed by atoms with van der Waals surface area (Å²) in [6.07, 6.45) is 0. The number of thiophene rings is 1. The van der Waals surface area contributed by atoms with E-state index >= 15 is 0 Å². The lowest BCUT2D eigenvalue weighted by atomic mass is 10.2. The van der Waals surface area contributed by atoms with Crippen LogP contribution in [0.15, 0.2) is 41.2 Å². The Bertz CT molecular complexity index is 928. The number of carbonyl (C=O) groups is 1. The molecular formula is C17H16N2O3S. The molecule has 3 aromatic rings. The molecule has 0 amide bonds. The SMILES string of the molecule is COC(=O)C(C)n1c(C)nc2sc(-c3ccccc3)cc2c1=O. The predicted octanol–water partition coefficient (Wildman–Crippen LogP) is 3.17. The van der Waals surface area contributed by atoms with Gasteiger partial charge in [-0.3, -0.25) is 9.36 Å². The number of nitrogens with zero attached hydrogens (tertiary/aromatic N) is 2. The van der Waals surface area contributed by atoms with Crippen molar-refractivity contribution in [3.05, 3.63) is 52.6 Å². The third kappa shape index (κ3) is 2.66. The first-order valence-electron chi connectivity index (χ1n) is 7.19. The molecule has 2 heterocycles. The molecule has 0 saturated heterocycles. The fourth-order valence-electron chi connectivity index (χ4n) is 2.57. The average molecular weight is 328 g/mol. The summed E-state index contributed by atoms with van der Waals surface area (Å²) in [4.78, 5) is 30.7. The molecule has 0 bridgehead atoms. The molecule has 3 rings (SSSR count). The Labute approximate surface area is 137 Å². The summed E-state index contributed by atoms with van der Waals surface area (Å²) in [6.45, 7) is 3.36. The lowest BCUT2D eigenvalue weighted by Crippen LogP contribution is -2.31. The van der Waals surface area contributed by atoms with Gasteiger partial charge < -0.3 is 4.74 Å². The van der Waals surface area contributed by atoms with Crippen molar-refractivity contribution in [1.29, 1.82) is 0 Å². The van der Waals surface area contributed by atoms with Crippen molar-refractivity contribution in [2.24, 2.45) is 0 Å². The lowest BCUT2D eigenvalue weighted by Gasteiger charge is -2.15. The van der Waals surface area contributed by atoms with Gasteiger partial charge in [0.25, 0.3) is 5.56 Å². The Hall–Kier alpha value is -2.47. The molecular weight excluding hydrogens is 312 g/mol. The van der Waals surface area contributed by atoms with Crippen LogP contribution >= 0.6 is 11.3 Å². The molecule has 1 atom stereocenters. The topological polar surface area (TPSA) is 61.2 Å². The Kier molecular flexibility index (Phi) is 4.00. The van der Waals surface area contributed by atoms with E-state index in [-0.39, 0.29) is 5.56 Å². The predicted molar refractivity (Wildman–Crippen MR) is 90.8 cm³/mol. The molecule has 1 aromatic carbocycles. The number of hydrogen-bond acceptors (Lipinski definition) is 5. The van der Waals surface area contributed by atoms with Crippen molar-refractivity contribution in [3.63, 3.8) is 0 Å². The highest BCUT2D eigenvalue weighted by Crippen LogP contribution is 2.31. The van der Waals surface area contributed by atoms with Crippen LogP contribution in [0.2, 0.25) is 0 Å². The summed E-state index contributed by atoms with van der Waals surface area (Å²) in [5.41, 5.74) is 0.823. The fraction of sp³-hybridized carbons (Fsp3) is 0.235. The average Bonchev–Trinajstić information content (AvgIpc) is 2.99. The van der Waals surface area contributed by atoms with E-state index in [4.69, 9.17) is 4.74 Å². The van der Waals surface area contributed by atoms with E-state index in [0.717, 1.165) is 10.4 Å². The first-order valence-corrected chi connectivity index (χ1v) is 8.00. The van der Waals surface area contributed by atoms with E-state index < -0.39 is 12.0 Å². The highest BCUT2D eigenvalue weighted by atomic mass is 32.1. The number of carbonyl (C=O) groups excluding carboxylic acids is 1. The normalized spacial score (nSPS) is 12.3. The molecule has 23 heavy (non-hydrogen) atoms. The van der Waals surface area contributed by atoms with Crippen LogP contribution in [0.1, 0.15) is 18.8 Å². The van der Waals surface area contributed by atoms with Crippen molar-refractivity contribution in [2.45, 2.75) is 19.9 Å². The molecule has 0 N–H and O–H groups in total. The number of benzene rings is 1. The van der Waals surface area contributed by atoms with Crippen molar-refractivity contribution in [1.82, 2.24) is 9.55 Å². The molecule has 0 radical (unpaired) electrons. The molecule has 0 aliphatic heterocycles. The molecule has 0 fully saturated rings. The highest BCUT2D eigenvalue weighted by Gasteiger charge is 2.21. The molecule has 118 valence electrons. The number of fused-ring (bicyclic) bond motifs is 1. The van der Waals surface area contributed by atoms with E-state index in [1.165, 1.54) is 23.0 Å². The molecule has 0 spiro atoms. The van der Waals surface area contributed by atoms with Gasteiger partial charge in [0.1, 0.15) is 16.7 Å². The Balaban J connectivity index is 2.20. The smallest absolute Gasteiger partial charge is 0.328 e. The standard InChI is InChI=1S/C17H16N2O3S/c1-10(17(21)22-3)19-11(2)18-15-13(16(19)20)9-14(23-15)12-7-5-4-6-8-12/h4-10H,1-3H3. The van der Waals surface area contributed by atoms with Gasteiger partial charge in [0, 0.05) is 4.88 Å². The summed E-state index contributed by atoms with van der Waals surface area (Å²) in [6, 6.07) is 11.0. The summed E-state index contributed by atoms with van der Waals surface area (Å²) >= 11 is 1.47. The van der Waals surface area contributed by atoms with Crippen LogP contribution in [-0.2, 0) is 9.53 Å². The van der Waals surface area contributed by atoms with Gasteiger partial charge in [-0.2, -0.15) is 0 Å². The number of methoxy groups -OCH3 is 1.